The van der Waals surface area contributed by atoms with E-state index in [0.717, 1.165) is 23.8 Å². The molecular formula is C13H18O2. The Balaban J connectivity index is 1.86. The molecule has 2 rings (SSSR count). The SMILES string of the molecule is C[C@H](O)c1ccc(OCC2CCC2)cc1. The van der Waals surface area contributed by atoms with E-state index in [1.54, 1.807) is 6.92 Å². The van der Waals surface area contributed by atoms with Crippen LogP contribution in [0.2, 0.25) is 0 Å². The van der Waals surface area contributed by atoms with Crippen molar-refractivity contribution in [1.82, 2.24) is 0 Å². The summed E-state index contributed by atoms with van der Waals surface area (Å²) < 4.78 is 5.66. The summed E-state index contributed by atoms with van der Waals surface area (Å²) in [6.45, 7) is 2.61. The van der Waals surface area contributed by atoms with Crippen LogP contribution in [-0.2, 0) is 0 Å². The van der Waals surface area contributed by atoms with Crippen LogP contribution in [0.3, 0.4) is 0 Å². The van der Waals surface area contributed by atoms with E-state index in [9.17, 15) is 5.11 Å². The molecule has 1 N–H and O–H groups in total. The van der Waals surface area contributed by atoms with Gasteiger partial charge in [-0.2, -0.15) is 0 Å². The van der Waals surface area contributed by atoms with Gasteiger partial charge in [-0.3, -0.25) is 0 Å². The van der Waals surface area contributed by atoms with Crippen molar-refractivity contribution in [3.63, 3.8) is 0 Å². The van der Waals surface area contributed by atoms with Crippen LogP contribution in [0.5, 0.6) is 5.75 Å². The molecule has 15 heavy (non-hydrogen) atoms. The van der Waals surface area contributed by atoms with E-state index >= 15 is 0 Å². The van der Waals surface area contributed by atoms with Crippen molar-refractivity contribution in [2.45, 2.75) is 32.3 Å². The molecular weight excluding hydrogens is 188 g/mol. The zero-order chi connectivity index (χ0) is 10.7. The standard InChI is InChI=1S/C13H18O2/c1-10(14)12-5-7-13(8-6-12)15-9-11-3-2-4-11/h5-8,10-11,14H,2-4,9H2,1H3/t10-/m0/s1. The second-order valence-electron chi connectivity index (χ2n) is 4.35. The minimum atomic E-state index is -0.398. The topological polar surface area (TPSA) is 29.5 Å². The Bertz CT molecular complexity index is 299. The second kappa shape index (κ2) is 4.67. The van der Waals surface area contributed by atoms with Crippen LogP contribution in [0, 0.1) is 5.92 Å². The zero-order valence-electron chi connectivity index (χ0n) is 9.15. The molecule has 82 valence electrons. The largest absolute Gasteiger partial charge is 0.493 e. The Kier molecular flexibility index (Phi) is 3.27. The molecule has 0 aliphatic heterocycles. The van der Waals surface area contributed by atoms with Crippen LogP contribution in [0.4, 0.5) is 0 Å². The highest BCUT2D eigenvalue weighted by molar-refractivity contribution is 5.28. The van der Waals surface area contributed by atoms with E-state index in [1.165, 1.54) is 19.3 Å². The Labute approximate surface area is 90.9 Å². The van der Waals surface area contributed by atoms with Gasteiger partial charge in [-0.15, -0.1) is 0 Å². The summed E-state index contributed by atoms with van der Waals surface area (Å²) in [5, 5.41) is 9.34. The Morgan fingerprint density at radius 1 is 1.33 bits per heavy atom. The van der Waals surface area contributed by atoms with Crippen LogP contribution >= 0.6 is 0 Å². The third kappa shape index (κ3) is 2.72. The number of aliphatic hydroxyl groups excluding tert-OH is 1. The molecule has 0 bridgehead atoms. The predicted octanol–water partition coefficient (Wildman–Crippen LogP) is 2.92. The van der Waals surface area contributed by atoms with Crippen molar-refractivity contribution in [3.8, 4) is 5.75 Å². The number of rotatable bonds is 4. The average Bonchev–Trinajstić information content (AvgIpc) is 2.16. The summed E-state index contributed by atoms with van der Waals surface area (Å²) in [4.78, 5) is 0. The molecule has 1 aromatic carbocycles. The molecule has 0 saturated heterocycles. The lowest BCUT2D eigenvalue weighted by Crippen LogP contribution is -2.19. The van der Waals surface area contributed by atoms with Gasteiger partial charge in [0.1, 0.15) is 5.75 Å². The molecule has 1 aromatic rings. The molecule has 1 aliphatic carbocycles. The first-order valence-electron chi connectivity index (χ1n) is 5.66. The maximum atomic E-state index is 9.34. The molecule has 1 aliphatic rings. The summed E-state index contributed by atoms with van der Waals surface area (Å²) in [6, 6.07) is 7.70. The lowest BCUT2D eigenvalue weighted by molar-refractivity contribution is 0.180. The first-order valence-corrected chi connectivity index (χ1v) is 5.66. The average molecular weight is 206 g/mol. The normalized spacial score (nSPS) is 18.3. The van der Waals surface area contributed by atoms with Gasteiger partial charge >= 0.3 is 0 Å². The van der Waals surface area contributed by atoms with E-state index in [0.29, 0.717) is 0 Å². The van der Waals surface area contributed by atoms with Gasteiger partial charge in [-0.1, -0.05) is 18.6 Å². The summed E-state index contributed by atoms with van der Waals surface area (Å²) in [6.07, 6.45) is 3.58. The van der Waals surface area contributed by atoms with Gasteiger partial charge in [-0.05, 0) is 43.4 Å². The monoisotopic (exact) mass is 206 g/mol. The van der Waals surface area contributed by atoms with Gasteiger partial charge in [-0.25, -0.2) is 0 Å². The molecule has 0 unspecified atom stereocenters. The highest BCUT2D eigenvalue weighted by Crippen LogP contribution is 2.27. The smallest absolute Gasteiger partial charge is 0.119 e. The predicted molar refractivity (Wildman–Crippen MR) is 59.9 cm³/mol. The van der Waals surface area contributed by atoms with Gasteiger partial charge < -0.3 is 9.84 Å². The minimum absolute atomic E-state index is 0.398. The lowest BCUT2D eigenvalue weighted by atomic mass is 9.86. The Morgan fingerprint density at radius 2 is 2.00 bits per heavy atom. The molecule has 1 saturated carbocycles. The van der Waals surface area contributed by atoms with Crippen LogP contribution in [0.15, 0.2) is 24.3 Å². The van der Waals surface area contributed by atoms with Gasteiger partial charge in [0.15, 0.2) is 0 Å². The number of hydrogen-bond donors (Lipinski definition) is 1. The number of ether oxygens (including phenoxy) is 1. The fourth-order valence-electron chi connectivity index (χ4n) is 1.72. The van der Waals surface area contributed by atoms with E-state index in [-0.39, 0.29) is 0 Å². The minimum Gasteiger partial charge on any atom is -0.493 e. The zero-order valence-corrected chi connectivity index (χ0v) is 9.15. The first kappa shape index (κ1) is 10.5. The van der Waals surface area contributed by atoms with Gasteiger partial charge in [0.25, 0.3) is 0 Å². The molecule has 2 heteroatoms. The van der Waals surface area contributed by atoms with Crippen LogP contribution in [0.1, 0.15) is 37.9 Å². The quantitative estimate of drug-likeness (QED) is 0.820. The van der Waals surface area contributed by atoms with Crippen LogP contribution < -0.4 is 4.74 Å². The van der Waals surface area contributed by atoms with Gasteiger partial charge in [0, 0.05) is 0 Å². The summed E-state index contributed by atoms with van der Waals surface area (Å²) in [7, 11) is 0. The molecule has 0 heterocycles. The fraction of sp³-hybridized carbons (Fsp3) is 0.538. The molecule has 0 spiro atoms. The van der Waals surface area contributed by atoms with Crippen molar-refractivity contribution in [3.05, 3.63) is 29.8 Å². The van der Waals surface area contributed by atoms with Crippen molar-refractivity contribution in [2.24, 2.45) is 5.92 Å². The Morgan fingerprint density at radius 3 is 2.47 bits per heavy atom. The van der Waals surface area contributed by atoms with E-state index in [4.69, 9.17) is 4.74 Å². The fourth-order valence-corrected chi connectivity index (χ4v) is 1.72. The van der Waals surface area contributed by atoms with E-state index < -0.39 is 6.10 Å². The second-order valence-corrected chi connectivity index (χ2v) is 4.35. The number of aliphatic hydroxyl groups is 1. The van der Waals surface area contributed by atoms with E-state index in [1.807, 2.05) is 24.3 Å². The number of hydrogen-bond acceptors (Lipinski definition) is 2. The van der Waals surface area contributed by atoms with Crippen molar-refractivity contribution >= 4 is 0 Å². The molecule has 1 fully saturated rings. The van der Waals surface area contributed by atoms with Crippen LogP contribution in [-0.4, -0.2) is 11.7 Å². The first-order chi connectivity index (χ1) is 7.25. The molecule has 1 atom stereocenters. The summed E-state index contributed by atoms with van der Waals surface area (Å²) in [5.41, 5.74) is 0.936. The van der Waals surface area contributed by atoms with E-state index in [2.05, 4.69) is 0 Å². The molecule has 2 nitrogen and oxygen atoms in total. The lowest BCUT2D eigenvalue weighted by Gasteiger charge is -2.25. The highest BCUT2D eigenvalue weighted by atomic mass is 16.5. The molecule has 0 amide bonds. The van der Waals surface area contributed by atoms with Crippen molar-refractivity contribution in [1.29, 1.82) is 0 Å². The molecule has 0 aromatic heterocycles. The Hall–Kier alpha value is -1.02. The van der Waals surface area contributed by atoms with Crippen LogP contribution in [0.25, 0.3) is 0 Å². The molecule has 0 radical (unpaired) electrons. The van der Waals surface area contributed by atoms with Crippen molar-refractivity contribution in [2.75, 3.05) is 6.61 Å². The number of benzene rings is 1. The summed E-state index contributed by atoms with van der Waals surface area (Å²) >= 11 is 0. The van der Waals surface area contributed by atoms with Gasteiger partial charge in [0.05, 0.1) is 12.7 Å². The highest BCUT2D eigenvalue weighted by Gasteiger charge is 2.17. The third-order valence-electron chi connectivity index (χ3n) is 3.07. The van der Waals surface area contributed by atoms with Gasteiger partial charge in [0.2, 0.25) is 0 Å². The maximum absolute atomic E-state index is 9.34. The summed E-state index contributed by atoms with van der Waals surface area (Å²) in [5.74, 6) is 1.67. The van der Waals surface area contributed by atoms with Crippen molar-refractivity contribution < 1.29 is 9.84 Å². The maximum Gasteiger partial charge on any atom is 0.119 e. The third-order valence-corrected chi connectivity index (χ3v) is 3.07.